The molecule has 0 saturated carbocycles. The van der Waals surface area contributed by atoms with Crippen LogP contribution in [0.5, 0.6) is 0 Å². The minimum absolute atomic E-state index is 0.0277. The Morgan fingerprint density at radius 1 is 1.12 bits per heavy atom. The molecule has 0 radical (unpaired) electrons. The highest BCUT2D eigenvalue weighted by Gasteiger charge is 2.13. The Balaban J connectivity index is 2.60. The number of nitrogens with one attached hydrogen (secondary N) is 2. The van der Waals surface area contributed by atoms with Crippen molar-refractivity contribution in [2.45, 2.75) is 19.8 Å². The number of carbonyl (C=O) groups is 3. The van der Waals surface area contributed by atoms with Crippen LogP contribution in [0.15, 0.2) is 29.4 Å². The van der Waals surface area contributed by atoms with Gasteiger partial charge in [0.15, 0.2) is 0 Å². The molecule has 0 aromatic heterocycles. The summed E-state index contributed by atoms with van der Waals surface area (Å²) in [4.78, 5) is 35.1. The maximum atomic E-state index is 12.0. The molecule has 8 nitrogen and oxygen atoms in total. The fraction of sp³-hybridized carbons (Fsp3) is 0.375. The molecule has 8 heteroatoms. The molecule has 0 saturated heterocycles. The molecular weight excluding hydrogens is 314 g/mol. The Hall–Kier alpha value is -2.74. The number of hydrogen-bond donors (Lipinski definition) is 2. The average Bonchev–Trinajstić information content (AvgIpc) is 2.57. The maximum Gasteiger partial charge on any atom is 0.339 e. The third-order valence-corrected chi connectivity index (χ3v) is 2.93. The standard InChI is InChI=1S/C16H21N3O5/c1-11(18-19-14(20)8-9-23-2)10-15(21)17-13-7-5-4-6-12(13)16(22)24-3/h4-7H,8-10H2,1-3H3,(H,17,21)(H,19,20)/b18-11-. The second-order valence-electron chi connectivity index (χ2n) is 4.89. The van der Waals surface area contributed by atoms with Gasteiger partial charge in [-0.1, -0.05) is 12.1 Å². The van der Waals surface area contributed by atoms with Crippen molar-refractivity contribution in [3.05, 3.63) is 29.8 Å². The number of anilines is 1. The first-order valence-electron chi connectivity index (χ1n) is 7.26. The van der Waals surface area contributed by atoms with E-state index in [4.69, 9.17) is 4.74 Å². The Morgan fingerprint density at radius 3 is 2.50 bits per heavy atom. The van der Waals surface area contributed by atoms with E-state index in [-0.39, 0.29) is 30.2 Å². The van der Waals surface area contributed by atoms with Crippen molar-refractivity contribution in [2.75, 3.05) is 26.1 Å². The fourth-order valence-corrected chi connectivity index (χ4v) is 1.75. The van der Waals surface area contributed by atoms with Gasteiger partial charge in [-0.2, -0.15) is 5.10 Å². The van der Waals surface area contributed by atoms with Gasteiger partial charge in [0.25, 0.3) is 0 Å². The Morgan fingerprint density at radius 2 is 1.83 bits per heavy atom. The van der Waals surface area contributed by atoms with Crippen LogP contribution in [-0.4, -0.2) is 44.3 Å². The van der Waals surface area contributed by atoms with Gasteiger partial charge in [0.2, 0.25) is 11.8 Å². The highest BCUT2D eigenvalue weighted by atomic mass is 16.5. The van der Waals surface area contributed by atoms with E-state index >= 15 is 0 Å². The van der Waals surface area contributed by atoms with Gasteiger partial charge < -0.3 is 14.8 Å². The first kappa shape index (κ1) is 19.3. The Labute approximate surface area is 140 Å². The molecule has 0 aliphatic rings. The average molecular weight is 335 g/mol. The number of hydrazone groups is 1. The molecule has 0 unspecified atom stereocenters. The summed E-state index contributed by atoms with van der Waals surface area (Å²) in [6, 6.07) is 6.52. The Kier molecular flexibility index (Phi) is 8.14. The topological polar surface area (TPSA) is 106 Å². The number of para-hydroxylation sites is 1. The van der Waals surface area contributed by atoms with E-state index in [9.17, 15) is 14.4 Å². The van der Waals surface area contributed by atoms with Crippen molar-refractivity contribution in [3.8, 4) is 0 Å². The summed E-state index contributed by atoms with van der Waals surface area (Å²) in [5.74, 6) is -1.20. The lowest BCUT2D eigenvalue weighted by Gasteiger charge is -2.09. The summed E-state index contributed by atoms with van der Waals surface area (Å²) in [5, 5.41) is 6.47. The van der Waals surface area contributed by atoms with E-state index in [1.165, 1.54) is 14.2 Å². The van der Waals surface area contributed by atoms with Gasteiger partial charge >= 0.3 is 5.97 Å². The number of rotatable bonds is 8. The zero-order valence-corrected chi connectivity index (χ0v) is 13.9. The molecule has 0 fully saturated rings. The number of methoxy groups -OCH3 is 2. The summed E-state index contributed by atoms with van der Waals surface area (Å²) < 4.78 is 9.44. The molecule has 0 aliphatic carbocycles. The largest absolute Gasteiger partial charge is 0.465 e. The van der Waals surface area contributed by atoms with E-state index < -0.39 is 5.97 Å². The molecule has 130 valence electrons. The number of carbonyl (C=O) groups excluding carboxylic acids is 3. The number of benzene rings is 1. The molecule has 1 aromatic rings. The van der Waals surface area contributed by atoms with Crippen LogP contribution in [0, 0.1) is 0 Å². The lowest BCUT2D eigenvalue weighted by atomic mass is 10.1. The van der Waals surface area contributed by atoms with E-state index in [1.54, 1.807) is 31.2 Å². The zero-order valence-electron chi connectivity index (χ0n) is 13.9. The zero-order chi connectivity index (χ0) is 17.9. The smallest absolute Gasteiger partial charge is 0.339 e. The minimum atomic E-state index is -0.540. The van der Waals surface area contributed by atoms with Crippen molar-refractivity contribution < 1.29 is 23.9 Å². The summed E-state index contributed by atoms with van der Waals surface area (Å²) in [7, 11) is 2.77. The highest BCUT2D eigenvalue weighted by Crippen LogP contribution is 2.16. The predicted molar refractivity (Wildman–Crippen MR) is 88.8 cm³/mol. The second kappa shape index (κ2) is 10.1. The molecule has 2 N–H and O–H groups in total. The summed E-state index contributed by atoms with van der Waals surface area (Å²) in [6.45, 7) is 1.91. The summed E-state index contributed by atoms with van der Waals surface area (Å²) in [6.07, 6.45) is 0.159. The molecule has 1 aromatic carbocycles. The van der Waals surface area contributed by atoms with Gasteiger partial charge in [-0.05, 0) is 19.1 Å². The second-order valence-corrected chi connectivity index (χ2v) is 4.89. The molecular formula is C16H21N3O5. The lowest BCUT2D eigenvalue weighted by Crippen LogP contribution is -2.22. The third kappa shape index (κ3) is 6.57. The van der Waals surface area contributed by atoms with E-state index in [0.29, 0.717) is 18.0 Å². The van der Waals surface area contributed by atoms with Crippen LogP contribution < -0.4 is 10.7 Å². The molecule has 0 heterocycles. The Bertz CT molecular complexity index is 628. The first-order chi connectivity index (χ1) is 11.5. The fourth-order valence-electron chi connectivity index (χ4n) is 1.75. The van der Waals surface area contributed by atoms with E-state index in [2.05, 4.69) is 20.6 Å². The van der Waals surface area contributed by atoms with Crippen LogP contribution in [0.3, 0.4) is 0 Å². The minimum Gasteiger partial charge on any atom is -0.465 e. The van der Waals surface area contributed by atoms with Gasteiger partial charge in [-0.15, -0.1) is 0 Å². The van der Waals surface area contributed by atoms with Crippen molar-refractivity contribution in [2.24, 2.45) is 5.10 Å². The quantitative estimate of drug-likeness (QED) is 0.423. The molecule has 0 bridgehead atoms. The maximum absolute atomic E-state index is 12.0. The van der Waals surface area contributed by atoms with Gasteiger partial charge in [-0.25, -0.2) is 10.2 Å². The van der Waals surface area contributed by atoms with Crippen LogP contribution in [0.1, 0.15) is 30.1 Å². The molecule has 0 aliphatic heterocycles. The molecule has 24 heavy (non-hydrogen) atoms. The number of nitrogens with zero attached hydrogens (tertiary/aromatic N) is 1. The normalized spacial score (nSPS) is 10.9. The number of amides is 2. The van der Waals surface area contributed by atoms with Crippen molar-refractivity contribution in [1.29, 1.82) is 0 Å². The van der Waals surface area contributed by atoms with E-state index in [1.807, 2.05) is 0 Å². The van der Waals surface area contributed by atoms with Gasteiger partial charge in [-0.3, -0.25) is 9.59 Å². The first-order valence-corrected chi connectivity index (χ1v) is 7.26. The number of hydrogen-bond acceptors (Lipinski definition) is 6. The van der Waals surface area contributed by atoms with Crippen LogP contribution in [0.2, 0.25) is 0 Å². The van der Waals surface area contributed by atoms with Crippen molar-refractivity contribution in [1.82, 2.24) is 5.43 Å². The highest BCUT2D eigenvalue weighted by molar-refractivity contribution is 6.08. The van der Waals surface area contributed by atoms with Crippen LogP contribution in [-0.2, 0) is 19.1 Å². The summed E-state index contributed by atoms with van der Waals surface area (Å²) >= 11 is 0. The van der Waals surface area contributed by atoms with Crippen molar-refractivity contribution >= 4 is 29.2 Å². The van der Waals surface area contributed by atoms with Crippen LogP contribution in [0.25, 0.3) is 0 Å². The predicted octanol–water partition coefficient (Wildman–Crippen LogP) is 1.33. The molecule has 0 atom stereocenters. The molecule has 1 rings (SSSR count). The molecule has 2 amide bonds. The summed E-state index contributed by atoms with van der Waals surface area (Å²) in [5.41, 5.74) is 3.38. The van der Waals surface area contributed by atoms with Gasteiger partial charge in [0.05, 0.1) is 37.8 Å². The van der Waals surface area contributed by atoms with Crippen molar-refractivity contribution in [3.63, 3.8) is 0 Å². The number of esters is 1. The van der Waals surface area contributed by atoms with E-state index in [0.717, 1.165) is 0 Å². The third-order valence-electron chi connectivity index (χ3n) is 2.93. The lowest BCUT2D eigenvalue weighted by molar-refractivity contribution is -0.122. The number of ether oxygens (including phenoxy) is 2. The van der Waals surface area contributed by atoms with Gasteiger partial charge in [0.1, 0.15) is 0 Å². The van der Waals surface area contributed by atoms with Gasteiger partial charge in [0, 0.05) is 12.8 Å². The van der Waals surface area contributed by atoms with Crippen LogP contribution in [0.4, 0.5) is 5.69 Å². The molecule has 0 spiro atoms. The SMILES string of the molecule is COCCC(=O)N/N=C(/C)CC(=O)Nc1ccccc1C(=O)OC. The van der Waals surface area contributed by atoms with Crippen LogP contribution >= 0.6 is 0 Å². The monoisotopic (exact) mass is 335 g/mol.